The molecule has 0 fully saturated rings. The Bertz CT molecular complexity index is 1060. The first-order valence-electron chi connectivity index (χ1n) is 9.09. The summed E-state index contributed by atoms with van der Waals surface area (Å²) in [5, 5.41) is 15.0. The summed E-state index contributed by atoms with van der Waals surface area (Å²) in [6.45, 7) is 2.46. The van der Waals surface area contributed by atoms with Crippen LogP contribution in [0.25, 0.3) is 0 Å². The van der Waals surface area contributed by atoms with Gasteiger partial charge in [-0.1, -0.05) is 12.1 Å². The lowest BCUT2D eigenvalue weighted by Crippen LogP contribution is -2.01. The van der Waals surface area contributed by atoms with E-state index in [-0.39, 0.29) is 23.9 Å². The molecule has 0 atom stereocenters. The average Bonchev–Trinajstić information content (AvgIpc) is 2.74. The zero-order chi connectivity index (χ0) is 21.3. The molecule has 2 aromatic carbocycles. The minimum absolute atomic E-state index is 0.0406. The van der Waals surface area contributed by atoms with E-state index >= 15 is 0 Å². The number of rotatable bonds is 9. The predicted molar refractivity (Wildman–Crippen MR) is 110 cm³/mol. The van der Waals surface area contributed by atoms with Gasteiger partial charge in [0.2, 0.25) is 5.82 Å². The molecule has 1 aromatic heterocycles. The number of aromatic nitrogens is 1. The Morgan fingerprint density at radius 3 is 2.80 bits per heavy atom. The predicted octanol–water partition coefficient (Wildman–Crippen LogP) is 4.55. The molecule has 3 rings (SSSR count). The van der Waals surface area contributed by atoms with Crippen molar-refractivity contribution in [2.24, 2.45) is 5.10 Å². The summed E-state index contributed by atoms with van der Waals surface area (Å²) in [5.41, 5.74) is 3.78. The van der Waals surface area contributed by atoms with Crippen molar-refractivity contribution in [3.8, 4) is 11.5 Å². The molecule has 30 heavy (non-hydrogen) atoms. The maximum atomic E-state index is 13.3. The van der Waals surface area contributed by atoms with Crippen LogP contribution in [0, 0.1) is 15.9 Å². The molecule has 0 saturated carbocycles. The second-order valence-electron chi connectivity index (χ2n) is 6.06. The number of ether oxygens (including phenoxy) is 2. The molecule has 0 saturated heterocycles. The van der Waals surface area contributed by atoms with Gasteiger partial charge in [-0.25, -0.2) is 9.37 Å². The van der Waals surface area contributed by atoms with E-state index in [4.69, 9.17) is 9.47 Å². The van der Waals surface area contributed by atoms with Gasteiger partial charge in [0.1, 0.15) is 12.4 Å². The van der Waals surface area contributed by atoms with Crippen molar-refractivity contribution in [3.05, 3.63) is 87.9 Å². The highest BCUT2D eigenvalue weighted by atomic mass is 19.1. The second-order valence-corrected chi connectivity index (χ2v) is 6.06. The summed E-state index contributed by atoms with van der Waals surface area (Å²) < 4.78 is 24.7. The quantitative estimate of drug-likeness (QED) is 0.316. The Kier molecular flexibility index (Phi) is 6.88. The first-order chi connectivity index (χ1) is 14.6. The molecule has 0 spiro atoms. The molecule has 0 unspecified atom stereocenters. The van der Waals surface area contributed by atoms with E-state index in [0.717, 1.165) is 0 Å². The van der Waals surface area contributed by atoms with E-state index in [1.54, 1.807) is 30.3 Å². The van der Waals surface area contributed by atoms with E-state index in [1.165, 1.54) is 36.7 Å². The lowest BCUT2D eigenvalue weighted by atomic mass is 10.2. The molecule has 0 aliphatic rings. The summed E-state index contributed by atoms with van der Waals surface area (Å²) in [7, 11) is 0. The Hall–Kier alpha value is -4.01. The third kappa shape index (κ3) is 5.51. The smallest absolute Gasteiger partial charge is 0.313 e. The highest BCUT2D eigenvalue weighted by Crippen LogP contribution is 2.29. The number of hydrazone groups is 1. The lowest BCUT2D eigenvalue weighted by molar-refractivity contribution is -0.384. The Morgan fingerprint density at radius 1 is 1.17 bits per heavy atom. The molecule has 0 radical (unpaired) electrons. The van der Waals surface area contributed by atoms with Gasteiger partial charge in [-0.05, 0) is 54.4 Å². The maximum absolute atomic E-state index is 13.3. The number of hydrogen-bond donors (Lipinski definition) is 1. The fourth-order valence-electron chi connectivity index (χ4n) is 2.58. The molecule has 1 N–H and O–H groups in total. The van der Waals surface area contributed by atoms with Crippen LogP contribution < -0.4 is 14.9 Å². The first-order valence-corrected chi connectivity index (χ1v) is 9.09. The molecule has 8 nitrogen and oxygen atoms in total. The van der Waals surface area contributed by atoms with Gasteiger partial charge in [0.05, 0.1) is 17.7 Å². The number of nitro groups is 1. The van der Waals surface area contributed by atoms with Crippen molar-refractivity contribution in [1.82, 2.24) is 4.98 Å². The van der Waals surface area contributed by atoms with Crippen LogP contribution >= 0.6 is 0 Å². The summed E-state index contributed by atoms with van der Waals surface area (Å²) >= 11 is 0. The van der Waals surface area contributed by atoms with Crippen LogP contribution in [0.2, 0.25) is 0 Å². The van der Waals surface area contributed by atoms with Crippen molar-refractivity contribution in [3.63, 3.8) is 0 Å². The highest BCUT2D eigenvalue weighted by Gasteiger charge is 2.13. The van der Waals surface area contributed by atoms with Gasteiger partial charge in [-0.15, -0.1) is 0 Å². The number of halogens is 1. The fraction of sp³-hybridized carbons (Fsp3) is 0.143. The number of nitrogens with one attached hydrogen (secondary N) is 1. The summed E-state index contributed by atoms with van der Waals surface area (Å²) in [4.78, 5) is 14.4. The summed E-state index contributed by atoms with van der Waals surface area (Å²) in [6, 6.07) is 14.2. The Balaban J connectivity index is 1.71. The molecular formula is C21H19FN4O4. The van der Waals surface area contributed by atoms with Crippen molar-refractivity contribution < 1.29 is 18.8 Å². The van der Waals surface area contributed by atoms with E-state index < -0.39 is 4.92 Å². The average molecular weight is 410 g/mol. The van der Waals surface area contributed by atoms with Gasteiger partial charge in [-0.3, -0.25) is 15.5 Å². The van der Waals surface area contributed by atoms with Crippen LogP contribution in [0.3, 0.4) is 0 Å². The minimum atomic E-state index is -0.539. The standard InChI is InChI=1S/C21H19FN4O4/c1-2-29-20-12-15(13-24-25-21-18(26(27)28)7-4-10-23-21)8-9-19(20)30-14-16-5-3-6-17(22)11-16/h3-13H,2,14H2,1H3,(H,23,25)/b24-13-. The Labute approximate surface area is 172 Å². The van der Waals surface area contributed by atoms with Crippen LogP contribution in [0.4, 0.5) is 15.9 Å². The second kappa shape index (κ2) is 9.97. The third-order valence-corrected chi connectivity index (χ3v) is 3.92. The van der Waals surface area contributed by atoms with Gasteiger partial charge in [0.15, 0.2) is 11.5 Å². The van der Waals surface area contributed by atoms with Gasteiger partial charge in [-0.2, -0.15) is 5.10 Å². The van der Waals surface area contributed by atoms with Gasteiger partial charge in [0, 0.05) is 12.3 Å². The van der Waals surface area contributed by atoms with Gasteiger partial charge < -0.3 is 9.47 Å². The van der Waals surface area contributed by atoms with Gasteiger partial charge in [0.25, 0.3) is 0 Å². The normalized spacial score (nSPS) is 10.7. The number of nitrogens with zero attached hydrogens (tertiary/aromatic N) is 3. The van der Waals surface area contributed by atoms with E-state index in [9.17, 15) is 14.5 Å². The van der Waals surface area contributed by atoms with Crippen molar-refractivity contribution >= 4 is 17.7 Å². The largest absolute Gasteiger partial charge is 0.490 e. The molecule has 0 aliphatic heterocycles. The minimum Gasteiger partial charge on any atom is -0.490 e. The topological polar surface area (TPSA) is 98.9 Å². The van der Waals surface area contributed by atoms with E-state index in [0.29, 0.717) is 29.2 Å². The van der Waals surface area contributed by atoms with Crippen molar-refractivity contribution in [1.29, 1.82) is 0 Å². The monoisotopic (exact) mass is 410 g/mol. The van der Waals surface area contributed by atoms with Crippen LogP contribution in [0.15, 0.2) is 65.9 Å². The molecular weight excluding hydrogens is 391 g/mol. The zero-order valence-corrected chi connectivity index (χ0v) is 16.1. The zero-order valence-electron chi connectivity index (χ0n) is 16.1. The fourth-order valence-corrected chi connectivity index (χ4v) is 2.58. The lowest BCUT2D eigenvalue weighted by Gasteiger charge is -2.12. The van der Waals surface area contributed by atoms with Crippen LogP contribution in [-0.2, 0) is 6.61 Å². The Morgan fingerprint density at radius 2 is 2.03 bits per heavy atom. The van der Waals surface area contributed by atoms with E-state index in [2.05, 4.69) is 15.5 Å². The molecule has 0 bridgehead atoms. The van der Waals surface area contributed by atoms with Crippen LogP contribution in [0.1, 0.15) is 18.1 Å². The van der Waals surface area contributed by atoms with Crippen molar-refractivity contribution in [2.45, 2.75) is 13.5 Å². The SMILES string of the molecule is CCOc1cc(/C=N\Nc2ncccc2[N+](=O)[O-])ccc1OCc1cccc(F)c1. The molecule has 1 heterocycles. The molecule has 3 aromatic rings. The van der Waals surface area contributed by atoms with Crippen LogP contribution in [-0.4, -0.2) is 22.7 Å². The number of benzene rings is 2. The van der Waals surface area contributed by atoms with Crippen LogP contribution in [0.5, 0.6) is 11.5 Å². The van der Waals surface area contributed by atoms with Crippen molar-refractivity contribution in [2.75, 3.05) is 12.0 Å². The van der Waals surface area contributed by atoms with E-state index in [1.807, 2.05) is 6.92 Å². The highest BCUT2D eigenvalue weighted by molar-refractivity contribution is 5.81. The summed E-state index contributed by atoms with van der Waals surface area (Å²) in [5.74, 6) is 0.723. The summed E-state index contributed by atoms with van der Waals surface area (Å²) in [6.07, 6.45) is 2.92. The van der Waals surface area contributed by atoms with Gasteiger partial charge >= 0.3 is 5.69 Å². The maximum Gasteiger partial charge on any atom is 0.313 e. The molecule has 154 valence electrons. The third-order valence-electron chi connectivity index (χ3n) is 3.92. The molecule has 0 amide bonds. The molecule has 9 heteroatoms. The number of hydrogen-bond acceptors (Lipinski definition) is 7. The number of anilines is 1. The first kappa shape index (κ1) is 20.7. The molecule has 0 aliphatic carbocycles. The number of pyridine rings is 1.